The lowest BCUT2D eigenvalue weighted by Gasteiger charge is -2.28. The van der Waals surface area contributed by atoms with Crippen LogP contribution in [0.1, 0.15) is 31.2 Å². The van der Waals surface area contributed by atoms with E-state index in [1.165, 1.54) is 12.8 Å². The van der Waals surface area contributed by atoms with E-state index < -0.39 is 0 Å². The molecule has 4 nitrogen and oxygen atoms in total. The van der Waals surface area contributed by atoms with Gasteiger partial charge in [0, 0.05) is 13.2 Å². The van der Waals surface area contributed by atoms with Crippen LogP contribution in [0.25, 0.3) is 11.0 Å². The van der Waals surface area contributed by atoms with Gasteiger partial charge in [0.05, 0.1) is 29.0 Å². The van der Waals surface area contributed by atoms with E-state index >= 15 is 0 Å². The topological polar surface area (TPSA) is 61.8 Å². The molecule has 1 heterocycles. The minimum atomic E-state index is 0.305. The smallest absolute Gasteiger partial charge is 0.0992 e. The highest BCUT2D eigenvalue weighted by Crippen LogP contribution is 2.30. The van der Waals surface area contributed by atoms with Crippen LogP contribution in [0.2, 0.25) is 0 Å². The van der Waals surface area contributed by atoms with Crippen molar-refractivity contribution in [1.29, 1.82) is 5.26 Å². The first-order valence-electron chi connectivity index (χ1n) is 7.26. The molecule has 1 aromatic heterocycles. The molecule has 0 spiro atoms. The Morgan fingerprint density at radius 2 is 2.20 bits per heavy atom. The maximum atomic E-state index is 9.32. The summed E-state index contributed by atoms with van der Waals surface area (Å²) in [5.74, 6) is 1.06. The Hall–Kier alpha value is -1.86. The normalized spacial score (nSPS) is 22.8. The quantitative estimate of drug-likeness (QED) is 0.932. The Bertz CT molecular complexity index is 641. The van der Waals surface area contributed by atoms with Gasteiger partial charge in [-0.15, -0.1) is 0 Å². The summed E-state index contributed by atoms with van der Waals surface area (Å²) in [5.41, 5.74) is 2.66. The molecule has 1 fully saturated rings. The second kappa shape index (κ2) is 5.64. The molecule has 1 N–H and O–H groups in total. The summed E-state index contributed by atoms with van der Waals surface area (Å²) in [6.45, 7) is 1.24. The third-order valence-electron chi connectivity index (χ3n) is 4.35. The van der Waals surface area contributed by atoms with E-state index in [0.29, 0.717) is 24.0 Å². The molecule has 0 amide bonds. The zero-order chi connectivity index (χ0) is 13.9. The van der Waals surface area contributed by atoms with Crippen LogP contribution in [0, 0.1) is 23.2 Å². The third kappa shape index (κ3) is 2.54. The largest absolute Gasteiger partial charge is 0.396 e. The van der Waals surface area contributed by atoms with Gasteiger partial charge in [0.25, 0.3) is 0 Å². The van der Waals surface area contributed by atoms with Gasteiger partial charge in [-0.2, -0.15) is 5.26 Å². The molecule has 1 aliphatic rings. The van der Waals surface area contributed by atoms with Crippen LogP contribution in [0.5, 0.6) is 0 Å². The van der Waals surface area contributed by atoms with Gasteiger partial charge in [0.1, 0.15) is 0 Å². The number of nitrogens with zero attached hydrogens (tertiary/aromatic N) is 3. The predicted molar refractivity (Wildman–Crippen MR) is 77.0 cm³/mol. The van der Waals surface area contributed by atoms with E-state index in [2.05, 4.69) is 15.6 Å². The first-order valence-corrected chi connectivity index (χ1v) is 7.26. The first-order chi connectivity index (χ1) is 9.80. The van der Waals surface area contributed by atoms with Crippen molar-refractivity contribution in [2.45, 2.75) is 32.2 Å². The highest BCUT2D eigenvalue weighted by Gasteiger charge is 2.22. The molecule has 0 radical (unpaired) electrons. The van der Waals surface area contributed by atoms with Crippen molar-refractivity contribution < 1.29 is 5.11 Å². The van der Waals surface area contributed by atoms with Gasteiger partial charge >= 0.3 is 0 Å². The molecular formula is C16H19N3O. The molecule has 4 heteroatoms. The van der Waals surface area contributed by atoms with Crippen LogP contribution in [-0.4, -0.2) is 21.3 Å². The molecule has 20 heavy (non-hydrogen) atoms. The molecule has 0 aliphatic heterocycles. The summed E-state index contributed by atoms with van der Waals surface area (Å²) in [5, 5.41) is 18.3. The van der Waals surface area contributed by atoms with Crippen LogP contribution < -0.4 is 0 Å². The summed E-state index contributed by atoms with van der Waals surface area (Å²) in [6, 6.07) is 7.81. The standard InChI is InChI=1S/C16H19N3O/c17-8-12-4-5-15-16(7-12)19(11-18-15)9-13-2-1-3-14(6-13)10-20/h4-5,7,11,13-14,20H,1-3,6,9-10H2. The Kier molecular flexibility index (Phi) is 3.70. The molecule has 1 saturated carbocycles. The Balaban J connectivity index is 1.82. The average Bonchev–Trinajstić information content (AvgIpc) is 2.89. The molecule has 2 aromatic rings. The number of aliphatic hydroxyl groups is 1. The average molecular weight is 269 g/mol. The molecule has 1 aliphatic carbocycles. The fraction of sp³-hybridized carbons (Fsp3) is 0.500. The lowest BCUT2D eigenvalue weighted by Crippen LogP contribution is -2.21. The Morgan fingerprint density at radius 3 is 3.00 bits per heavy atom. The maximum absolute atomic E-state index is 9.32. The molecule has 2 unspecified atom stereocenters. The predicted octanol–water partition coefficient (Wildman–Crippen LogP) is 2.71. The summed E-state index contributed by atoms with van der Waals surface area (Å²) in [4.78, 5) is 4.40. The molecule has 0 bridgehead atoms. The van der Waals surface area contributed by atoms with Gasteiger partial charge in [-0.3, -0.25) is 0 Å². The number of aliphatic hydroxyl groups excluding tert-OH is 1. The number of nitriles is 1. The van der Waals surface area contributed by atoms with Crippen molar-refractivity contribution >= 4 is 11.0 Å². The van der Waals surface area contributed by atoms with E-state index in [-0.39, 0.29) is 0 Å². The van der Waals surface area contributed by atoms with Crippen molar-refractivity contribution in [3.63, 3.8) is 0 Å². The number of rotatable bonds is 3. The van der Waals surface area contributed by atoms with E-state index in [1.54, 1.807) is 0 Å². The van der Waals surface area contributed by atoms with Gasteiger partial charge in [-0.1, -0.05) is 6.42 Å². The molecular weight excluding hydrogens is 250 g/mol. The van der Waals surface area contributed by atoms with Crippen molar-refractivity contribution in [1.82, 2.24) is 9.55 Å². The first kappa shape index (κ1) is 13.1. The second-order valence-electron chi connectivity index (χ2n) is 5.79. The van der Waals surface area contributed by atoms with Gasteiger partial charge in [-0.25, -0.2) is 4.98 Å². The SMILES string of the molecule is N#Cc1ccc2ncn(CC3CCCC(CO)C3)c2c1. The van der Waals surface area contributed by atoms with Crippen LogP contribution in [0.3, 0.4) is 0 Å². The Morgan fingerprint density at radius 1 is 1.35 bits per heavy atom. The summed E-state index contributed by atoms with van der Waals surface area (Å²) in [6.07, 6.45) is 6.53. The van der Waals surface area contributed by atoms with Gasteiger partial charge in [-0.05, 0) is 49.3 Å². The van der Waals surface area contributed by atoms with Gasteiger partial charge in [0.2, 0.25) is 0 Å². The lowest BCUT2D eigenvalue weighted by molar-refractivity contribution is 0.153. The number of benzene rings is 1. The molecule has 2 atom stereocenters. The van der Waals surface area contributed by atoms with Crippen molar-refractivity contribution in [3.05, 3.63) is 30.1 Å². The molecule has 0 saturated heterocycles. The monoisotopic (exact) mass is 269 g/mol. The highest BCUT2D eigenvalue weighted by atomic mass is 16.3. The number of fused-ring (bicyclic) bond motifs is 1. The summed E-state index contributed by atoms with van der Waals surface area (Å²) in [7, 11) is 0. The summed E-state index contributed by atoms with van der Waals surface area (Å²) < 4.78 is 2.15. The number of hydrogen-bond acceptors (Lipinski definition) is 3. The third-order valence-corrected chi connectivity index (χ3v) is 4.35. The van der Waals surface area contributed by atoms with Crippen LogP contribution in [0.4, 0.5) is 0 Å². The number of imidazole rings is 1. The molecule has 1 aromatic carbocycles. The fourth-order valence-corrected chi connectivity index (χ4v) is 3.28. The Labute approximate surface area is 118 Å². The van der Waals surface area contributed by atoms with Gasteiger partial charge in [0.15, 0.2) is 0 Å². The fourth-order valence-electron chi connectivity index (χ4n) is 3.28. The zero-order valence-electron chi connectivity index (χ0n) is 11.5. The second-order valence-corrected chi connectivity index (χ2v) is 5.79. The molecule has 104 valence electrons. The minimum Gasteiger partial charge on any atom is -0.396 e. The summed E-state index contributed by atoms with van der Waals surface area (Å²) >= 11 is 0. The van der Waals surface area contributed by atoms with Crippen LogP contribution >= 0.6 is 0 Å². The van der Waals surface area contributed by atoms with E-state index in [1.807, 2.05) is 24.5 Å². The number of hydrogen-bond donors (Lipinski definition) is 1. The zero-order valence-corrected chi connectivity index (χ0v) is 11.5. The molecule has 3 rings (SSSR count). The maximum Gasteiger partial charge on any atom is 0.0992 e. The minimum absolute atomic E-state index is 0.305. The van der Waals surface area contributed by atoms with Crippen molar-refractivity contribution in [2.24, 2.45) is 11.8 Å². The van der Waals surface area contributed by atoms with Gasteiger partial charge < -0.3 is 9.67 Å². The van der Waals surface area contributed by atoms with Crippen molar-refractivity contribution in [3.8, 4) is 6.07 Å². The van der Waals surface area contributed by atoms with Crippen molar-refractivity contribution in [2.75, 3.05) is 6.61 Å². The van der Waals surface area contributed by atoms with E-state index in [0.717, 1.165) is 30.4 Å². The number of aromatic nitrogens is 2. The van der Waals surface area contributed by atoms with Crippen LogP contribution in [-0.2, 0) is 6.54 Å². The van der Waals surface area contributed by atoms with Crippen LogP contribution in [0.15, 0.2) is 24.5 Å². The highest BCUT2D eigenvalue weighted by molar-refractivity contribution is 5.76. The van der Waals surface area contributed by atoms with E-state index in [9.17, 15) is 5.11 Å². The van der Waals surface area contributed by atoms with E-state index in [4.69, 9.17) is 5.26 Å². The lowest BCUT2D eigenvalue weighted by atomic mass is 9.82.